The summed E-state index contributed by atoms with van der Waals surface area (Å²) in [7, 11) is 1.64. The molecule has 3 aromatic rings. The quantitative estimate of drug-likeness (QED) is 0.722. The number of ether oxygens (including phenoxy) is 1. The molecule has 0 fully saturated rings. The first kappa shape index (κ1) is 16.5. The van der Waals surface area contributed by atoms with E-state index in [0.717, 1.165) is 22.6 Å². The van der Waals surface area contributed by atoms with Crippen LogP contribution in [-0.2, 0) is 6.42 Å². The second-order valence-corrected chi connectivity index (χ2v) is 6.61. The molecule has 1 aromatic heterocycles. The minimum Gasteiger partial charge on any atom is -0.497 e. The van der Waals surface area contributed by atoms with Crippen LogP contribution in [0.5, 0.6) is 5.75 Å². The summed E-state index contributed by atoms with van der Waals surface area (Å²) >= 11 is 7.48. The molecular formula is C18H15ClN2O2S. The monoisotopic (exact) mass is 358 g/mol. The Kier molecular flexibility index (Phi) is 5.13. The van der Waals surface area contributed by atoms with Crippen molar-refractivity contribution in [1.29, 1.82) is 0 Å². The lowest BCUT2D eigenvalue weighted by atomic mass is 10.1. The van der Waals surface area contributed by atoms with Gasteiger partial charge in [-0.2, -0.15) is 0 Å². The molecule has 2 aromatic carbocycles. The summed E-state index contributed by atoms with van der Waals surface area (Å²) in [6, 6.07) is 14.8. The molecule has 0 spiro atoms. The van der Waals surface area contributed by atoms with Gasteiger partial charge in [0.25, 0.3) is 5.91 Å². The van der Waals surface area contributed by atoms with Gasteiger partial charge in [-0.15, -0.1) is 11.3 Å². The number of benzene rings is 2. The third-order valence-corrected chi connectivity index (χ3v) is 4.67. The summed E-state index contributed by atoms with van der Waals surface area (Å²) in [4.78, 5) is 17.6. The summed E-state index contributed by atoms with van der Waals surface area (Å²) in [5.74, 6) is 0.571. The molecule has 24 heavy (non-hydrogen) atoms. The van der Waals surface area contributed by atoms with Crippen molar-refractivity contribution in [3.63, 3.8) is 0 Å². The zero-order valence-corrected chi connectivity index (χ0v) is 14.5. The molecule has 0 saturated carbocycles. The van der Waals surface area contributed by atoms with Gasteiger partial charge in [0.05, 0.1) is 17.7 Å². The normalized spacial score (nSPS) is 10.4. The highest BCUT2D eigenvalue weighted by Gasteiger charge is 2.12. The summed E-state index contributed by atoms with van der Waals surface area (Å²) in [6.07, 6.45) is 2.53. The molecular weight excluding hydrogens is 344 g/mol. The number of methoxy groups -OCH3 is 1. The van der Waals surface area contributed by atoms with Gasteiger partial charge >= 0.3 is 0 Å². The highest BCUT2D eigenvalue weighted by molar-refractivity contribution is 7.15. The maximum atomic E-state index is 12.2. The average Bonchev–Trinajstić information content (AvgIpc) is 3.02. The minimum atomic E-state index is -0.258. The number of rotatable bonds is 5. The van der Waals surface area contributed by atoms with E-state index < -0.39 is 0 Å². The van der Waals surface area contributed by atoms with E-state index in [2.05, 4.69) is 10.3 Å². The molecule has 0 atom stereocenters. The SMILES string of the molecule is COc1ccc(Cc2cnc(NC(=O)c3ccccc3Cl)s2)cc1. The average molecular weight is 359 g/mol. The number of amides is 1. The maximum Gasteiger partial charge on any atom is 0.258 e. The van der Waals surface area contributed by atoms with Crippen molar-refractivity contribution in [3.05, 3.63) is 75.8 Å². The van der Waals surface area contributed by atoms with Crippen LogP contribution < -0.4 is 10.1 Å². The van der Waals surface area contributed by atoms with Crippen LogP contribution in [0, 0.1) is 0 Å². The number of halogens is 1. The lowest BCUT2D eigenvalue weighted by Gasteiger charge is -2.03. The molecule has 0 unspecified atom stereocenters. The number of anilines is 1. The second-order valence-electron chi connectivity index (χ2n) is 5.09. The van der Waals surface area contributed by atoms with Crippen molar-refractivity contribution in [1.82, 2.24) is 4.98 Å². The summed E-state index contributed by atoms with van der Waals surface area (Å²) in [5.41, 5.74) is 1.59. The van der Waals surface area contributed by atoms with E-state index in [1.165, 1.54) is 11.3 Å². The van der Waals surface area contributed by atoms with E-state index in [0.29, 0.717) is 15.7 Å². The fourth-order valence-corrected chi connectivity index (χ4v) is 3.26. The maximum absolute atomic E-state index is 12.2. The molecule has 1 N–H and O–H groups in total. The first-order valence-corrected chi connectivity index (χ1v) is 8.48. The highest BCUT2D eigenvalue weighted by Crippen LogP contribution is 2.24. The Bertz CT molecular complexity index is 846. The van der Waals surface area contributed by atoms with Gasteiger partial charge in [0.1, 0.15) is 5.75 Å². The van der Waals surface area contributed by atoms with E-state index in [1.807, 2.05) is 24.3 Å². The first-order valence-electron chi connectivity index (χ1n) is 7.29. The van der Waals surface area contributed by atoms with Crippen molar-refractivity contribution < 1.29 is 9.53 Å². The molecule has 1 heterocycles. The number of carbonyl (C=O) groups is 1. The van der Waals surface area contributed by atoms with Crippen LogP contribution in [0.15, 0.2) is 54.7 Å². The van der Waals surface area contributed by atoms with Crippen LogP contribution in [0.25, 0.3) is 0 Å². The van der Waals surface area contributed by atoms with E-state index in [-0.39, 0.29) is 5.91 Å². The van der Waals surface area contributed by atoms with Crippen LogP contribution in [-0.4, -0.2) is 18.0 Å². The Morgan fingerprint density at radius 3 is 2.67 bits per heavy atom. The van der Waals surface area contributed by atoms with E-state index >= 15 is 0 Å². The topological polar surface area (TPSA) is 51.2 Å². The molecule has 1 amide bonds. The molecule has 4 nitrogen and oxygen atoms in total. The number of thiazole rings is 1. The van der Waals surface area contributed by atoms with Crippen molar-refractivity contribution in [2.24, 2.45) is 0 Å². The molecule has 0 aliphatic rings. The summed E-state index contributed by atoms with van der Waals surface area (Å²) in [5, 5.41) is 3.77. The highest BCUT2D eigenvalue weighted by atomic mass is 35.5. The molecule has 0 aliphatic heterocycles. The molecule has 3 rings (SSSR count). The Hall–Kier alpha value is -2.37. The summed E-state index contributed by atoms with van der Waals surface area (Å²) < 4.78 is 5.15. The fourth-order valence-electron chi connectivity index (χ4n) is 2.20. The van der Waals surface area contributed by atoms with Crippen LogP contribution in [0.1, 0.15) is 20.8 Å². The van der Waals surface area contributed by atoms with Crippen molar-refractivity contribution in [3.8, 4) is 5.75 Å². The number of hydrogen-bond donors (Lipinski definition) is 1. The molecule has 122 valence electrons. The standard InChI is InChI=1S/C18H15ClN2O2S/c1-23-13-8-6-12(7-9-13)10-14-11-20-18(24-14)21-17(22)15-4-2-3-5-16(15)19/h2-9,11H,10H2,1H3,(H,20,21,22). The van der Waals surface area contributed by atoms with Crippen molar-refractivity contribution >= 4 is 34.0 Å². The van der Waals surface area contributed by atoms with Gasteiger partial charge in [0.15, 0.2) is 5.13 Å². The van der Waals surface area contributed by atoms with Crippen LogP contribution in [0.2, 0.25) is 5.02 Å². The molecule has 6 heteroatoms. The predicted molar refractivity (Wildman–Crippen MR) is 97.3 cm³/mol. The smallest absolute Gasteiger partial charge is 0.258 e. The van der Waals surface area contributed by atoms with Crippen molar-refractivity contribution in [2.45, 2.75) is 6.42 Å². The number of carbonyl (C=O) groups excluding carboxylic acids is 1. The van der Waals surface area contributed by atoms with Gasteiger partial charge in [-0.05, 0) is 29.8 Å². The molecule has 0 saturated heterocycles. The Morgan fingerprint density at radius 2 is 1.96 bits per heavy atom. The second kappa shape index (κ2) is 7.47. The number of hydrogen-bond acceptors (Lipinski definition) is 4. The Morgan fingerprint density at radius 1 is 1.21 bits per heavy atom. The van der Waals surface area contributed by atoms with Crippen LogP contribution in [0.3, 0.4) is 0 Å². The fraction of sp³-hybridized carbons (Fsp3) is 0.111. The van der Waals surface area contributed by atoms with Gasteiger partial charge in [-0.1, -0.05) is 35.9 Å². The van der Waals surface area contributed by atoms with Gasteiger partial charge in [-0.25, -0.2) is 4.98 Å². The Balaban J connectivity index is 1.67. The zero-order chi connectivity index (χ0) is 16.9. The zero-order valence-electron chi connectivity index (χ0n) is 13.0. The molecule has 0 radical (unpaired) electrons. The third kappa shape index (κ3) is 3.93. The van der Waals surface area contributed by atoms with Crippen LogP contribution >= 0.6 is 22.9 Å². The number of aromatic nitrogens is 1. The predicted octanol–water partition coefficient (Wildman–Crippen LogP) is 4.65. The minimum absolute atomic E-state index is 0.258. The number of nitrogens with one attached hydrogen (secondary N) is 1. The summed E-state index contributed by atoms with van der Waals surface area (Å²) in [6.45, 7) is 0. The number of nitrogens with zero attached hydrogens (tertiary/aromatic N) is 1. The van der Waals surface area contributed by atoms with E-state index in [4.69, 9.17) is 16.3 Å². The Labute approximate surface area is 149 Å². The van der Waals surface area contributed by atoms with Gasteiger partial charge in [0.2, 0.25) is 0 Å². The van der Waals surface area contributed by atoms with Gasteiger partial charge in [-0.3, -0.25) is 10.1 Å². The van der Waals surface area contributed by atoms with Gasteiger partial charge in [0, 0.05) is 17.5 Å². The van der Waals surface area contributed by atoms with Crippen molar-refractivity contribution in [2.75, 3.05) is 12.4 Å². The lowest BCUT2D eigenvalue weighted by Crippen LogP contribution is -2.11. The molecule has 0 bridgehead atoms. The largest absolute Gasteiger partial charge is 0.497 e. The first-order chi connectivity index (χ1) is 11.7. The third-order valence-electron chi connectivity index (χ3n) is 3.43. The lowest BCUT2D eigenvalue weighted by molar-refractivity contribution is 0.102. The van der Waals surface area contributed by atoms with E-state index in [1.54, 1.807) is 37.6 Å². The van der Waals surface area contributed by atoms with Gasteiger partial charge < -0.3 is 4.74 Å². The van der Waals surface area contributed by atoms with E-state index in [9.17, 15) is 4.79 Å². The van der Waals surface area contributed by atoms with Crippen LogP contribution in [0.4, 0.5) is 5.13 Å². The molecule has 0 aliphatic carbocycles.